The van der Waals surface area contributed by atoms with Crippen LogP contribution in [0.3, 0.4) is 0 Å². The van der Waals surface area contributed by atoms with E-state index in [1.165, 1.54) is 53.9 Å². The van der Waals surface area contributed by atoms with E-state index >= 15 is 0 Å². The zero-order chi connectivity index (χ0) is 15.5. The van der Waals surface area contributed by atoms with E-state index < -0.39 is 0 Å². The van der Waals surface area contributed by atoms with Gasteiger partial charge in [0.2, 0.25) is 0 Å². The standard InChI is InChI=1S/C22H21N/c1-3-11-20(12-4-1)23(21-13-5-2-6-14-21)22-16-15-18-9-7-8-10-19(18)17-22/h1-6,11-17H,7-10H2. The van der Waals surface area contributed by atoms with Gasteiger partial charge in [-0.3, -0.25) is 0 Å². The zero-order valence-electron chi connectivity index (χ0n) is 13.3. The molecule has 1 aliphatic rings. The molecule has 1 nitrogen and oxygen atoms in total. The van der Waals surface area contributed by atoms with Gasteiger partial charge >= 0.3 is 0 Å². The molecule has 3 aromatic rings. The summed E-state index contributed by atoms with van der Waals surface area (Å²) in [7, 11) is 0. The minimum absolute atomic E-state index is 1.20. The normalized spacial score (nSPS) is 13.4. The Morgan fingerprint density at radius 2 is 1.09 bits per heavy atom. The van der Waals surface area contributed by atoms with E-state index in [0.717, 1.165) is 0 Å². The molecule has 4 rings (SSSR count). The number of para-hydroxylation sites is 2. The van der Waals surface area contributed by atoms with Gasteiger partial charge in [0, 0.05) is 17.1 Å². The highest BCUT2D eigenvalue weighted by Crippen LogP contribution is 2.36. The lowest BCUT2D eigenvalue weighted by atomic mass is 9.91. The van der Waals surface area contributed by atoms with Crippen LogP contribution in [0.1, 0.15) is 24.0 Å². The van der Waals surface area contributed by atoms with Gasteiger partial charge in [0.15, 0.2) is 0 Å². The lowest BCUT2D eigenvalue weighted by molar-refractivity contribution is 0.685. The topological polar surface area (TPSA) is 3.24 Å². The third kappa shape index (κ3) is 2.87. The summed E-state index contributed by atoms with van der Waals surface area (Å²) in [6.45, 7) is 0. The van der Waals surface area contributed by atoms with Crippen LogP contribution in [-0.4, -0.2) is 0 Å². The number of hydrogen-bond acceptors (Lipinski definition) is 1. The van der Waals surface area contributed by atoms with Gasteiger partial charge in [-0.2, -0.15) is 0 Å². The lowest BCUT2D eigenvalue weighted by Gasteiger charge is -2.27. The second-order valence-corrected chi connectivity index (χ2v) is 6.17. The second kappa shape index (κ2) is 6.29. The van der Waals surface area contributed by atoms with Crippen LogP contribution >= 0.6 is 0 Å². The monoisotopic (exact) mass is 299 g/mol. The molecule has 0 N–H and O–H groups in total. The van der Waals surface area contributed by atoms with Crippen molar-refractivity contribution in [3.05, 3.63) is 90.0 Å². The third-order valence-corrected chi connectivity index (χ3v) is 4.62. The molecule has 114 valence electrons. The molecule has 0 unspecified atom stereocenters. The van der Waals surface area contributed by atoms with E-state index in [4.69, 9.17) is 0 Å². The van der Waals surface area contributed by atoms with Crippen LogP contribution in [0.25, 0.3) is 0 Å². The SMILES string of the molecule is c1ccc(N(c2ccccc2)c2ccc3c(c2)CCCC3)cc1. The Labute approximate surface area is 138 Å². The molecule has 0 saturated heterocycles. The quantitative estimate of drug-likeness (QED) is 0.570. The fourth-order valence-corrected chi connectivity index (χ4v) is 3.46. The molecule has 1 heteroatoms. The van der Waals surface area contributed by atoms with E-state index in [2.05, 4.69) is 83.8 Å². The van der Waals surface area contributed by atoms with Gasteiger partial charge in [0.1, 0.15) is 0 Å². The Morgan fingerprint density at radius 3 is 1.70 bits per heavy atom. The minimum Gasteiger partial charge on any atom is -0.310 e. The van der Waals surface area contributed by atoms with Crippen LogP contribution in [-0.2, 0) is 12.8 Å². The first-order valence-electron chi connectivity index (χ1n) is 8.44. The molecular weight excluding hydrogens is 278 g/mol. The van der Waals surface area contributed by atoms with Gasteiger partial charge in [-0.15, -0.1) is 0 Å². The minimum atomic E-state index is 1.20. The predicted molar refractivity (Wildman–Crippen MR) is 97.8 cm³/mol. The number of nitrogens with zero attached hydrogens (tertiary/aromatic N) is 1. The van der Waals surface area contributed by atoms with E-state index in [9.17, 15) is 0 Å². The molecular formula is C22H21N. The van der Waals surface area contributed by atoms with Crippen LogP contribution in [0, 0.1) is 0 Å². The molecule has 0 heterocycles. The number of fused-ring (bicyclic) bond motifs is 1. The van der Waals surface area contributed by atoms with E-state index in [-0.39, 0.29) is 0 Å². The molecule has 23 heavy (non-hydrogen) atoms. The van der Waals surface area contributed by atoms with E-state index in [0.29, 0.717) is 0 Å². The summed E-state index contributed by atoms with van der Waals surface area (Å²) < 4.78 is 0. The van der Waals surface area contributed by atoms with Crippen molar-refractivity contribution < 1.29 is 0 Å². The molecule has 0 amide bonds. The van der Waals surface area contributed by atoms with Crippen LogP contribution in [0.4, 0.5) is 17.1 Å². The van der Waals surface area contributed by atoms with Crippen LogP contribution in [0.2, 0.25) is 0 Å². The third-order valence-electron chi connectivity index (χ3n) is 4.62. The summed E-state index contributed by atoms with van der Waals surface area (Å²) in [5.74, 6) is 0. The maximum Gasteiger partial charge on any atom is 0.0464 e. The Hall–Kier alpha value is -2.54. The van der Waals surface area contributed by atoms with Crippen molar-refractivity contribution >= 4 is 17.1 Å². The summed E-state index contributed by atoms with van der Waals surface area (Å²) in [4.78, 5) is 2.34. The van der Waals surface area contributed by atoms with Crippen molar-refractivity contribution in [3.8, 4) is 0 Å². The summed E-state index contributed by atoms with van der Waals surface area (Å²) in [6, 6.07) is 28.2. The number of rotatable bonds is 3. The van der Waals surface area contributed by atoms with Crippen molar-refractivity contribution in [2.75, 3.05) is 4.90 Å². The fraction of sp³-hybridized carbons (Fsp3) is 0.182. The van der Waals surface area contributed by atoms with Gasteiger partial charge in [-0.05, 0) is 73.2 Å². The molecule has 0 spiro atoms. The largest absolute Gasteiger partial charge is 0.310 e. The second-order valence-electron chi connectivity index (χ2n) is 6.17. The zero-order valence-corrected chi connectivity index (χ0v) is 13.3. The van der Waals surface area contributed by atoms with Crippen LogP contribution < -0.4 is 4.90 Å². The molecule has 1 aliphatic carbocycles. The Bertz CT molecular complexity index is 738. The highest BCUT2D eigenvalue weighted by Gasteiger charge is 2.15. The van der Waals surface area contributed by atoms with Gasteiger partial charge < -0.3 is 4.90 Å². The molecule has 0 atom stereocenters. The average Bonchev–Trinajstić information content (AvgIpc) is 2.64. The highest BCUT2D eigenvalue weighted by atomic mass is 15.1. The molecule has 3 aromatic carbocycles. The molecule has 0 radical (unpaired) electrons. The summed E-state index contributed by atoms with van der Waals surface area (Å²) in [5, 5.41) is 0. The first-order valence-corrected chi connectivity index (χ1v) is 8.44. The van der Waals surface area contributed by atoms with Crippen molar-refractivity contribution in [2.24, 2.45) is 0 Å². The summed E-state index contributed by atoms with van der Waals surface area (Å²) >= 11 is 0. The van der Waals surface area contributed by atoms with Gasteiger partial charge in [0.05, 0.1) is 0 Å². The van der Waals surface area contributed by atoms with Crippen molar-refractivity contribution in [1.29, 1.82) is 0 Å². The van der Waals surface area contributed by atoms with Crippen molar-refractivity contribution in [2.45, 2.75) is 25.7 Å². The lowest BCUT2D eigenvalue weighted by Crippen LogP contribution is -2.11. The van der Waals surface area contributed by atoms with Gasteiger partial charge in [-0.25, -0.2) is 0 Å². The predicted octanol–water partition coefficient (Wildman–Crippen LogP) is 6.04. The first kappa shape index (κ1) is 14.1. The first-order chi connectivity index (χ1) is 11.4. The number of anilines is 3. The van der Waals surface area contributed by atoms with Gasteiger partial charge in [0.25, 0.3) is 0 Å². The maximum absolute atomic E-state index is 2.38. The molecule has 0 aliphatic heterocycles. The van der Waals surface area contributed by atoms with Crippen LogP contribution in [0.15, 0.2) is 78.9 Å². The van der Waals surface area contributed by atoms with Gasteiger partial charge in [-0.1, -0.05) is 42.5 Å². The maximum atomic E-state index is 2.38. The Balaban J connectivity index is 1.82. The number of benzene rings is 3. The molecule has 0 aromatic heterocycles. The molecule has 0 saturated carbocycles. The van der Waals surface area contributed by atoms with Crippen LogP contribution in [0.5, 0.6) is 0 Å². The van der Waals surface area contributed by atoms with E-state index in [1.54, 1.807) is 0 Å². The Kier molecular flexibility index (Phi) is 3.85. The average molecular weight is 299 g/mol. The van der Waals surface area contributed by atoms with Crippen molar-refractivity contribution in [1.82, 2.24) is 0 Å². The summed E-state index contributed by atoms with van der Waals surface area (Å²) in [6.07, 6.45) is 5.08. The molecule has 0 fully saturated rings. The van der Waals surface area contributed by atoms with E-state index in [1.807, 2.05) is 0 Å². The number of aryl methyl sites for hydroxylation is 2. The van der Waals surface area contributed by atoms with Crippen molar-refractivity contribution in [3.63, 3.8) is 0 Å². The summed E-state index contributed by atoms with van der Waals surface area (Å²) in [5.41, 5.74) is 6.71. The molecule has 0 bridgehead atoms. The highest BCUT2D eigenvalue weighted by molar-refractivity contribution is 5.76. The fourth-order valence-electron chi connectivity index (χ4n) is 3.46. The smallest absolute Gasteiger partial charge is 0.0464 e. The number of hydrogen-bond donors (Lipinski definition) is 0. The Morgan fingerprint density at radius 1 is 0.522 bits per heavy atom.